The van der Waals surface area contributed by atoms with Crippen molar-refractivity contribution in [2.45, 2.75) is 38.5 Å². The lowest BCUT2D eigenvalue weighted by Gasteiger charge is -2.44. The molecule has 0 bridgehead atoms. The van der Waals surface area contributed by atoms with Crippen LogP contribution in [0.25, 0.3) is 0 Å². The third-order valence-corrected chi connectivity index (χ3v) is 3.90. The van der Waals surface area contributed by atoms with Gasteiger partial charge < -0.3 is 10.4 Å². The van der Waals surface area contributed by atoms with Crippen LogP contribution in [0, 0.1) is 11.3 Å². The summed E-state index contributed by atoms with van der Waals surface area (Å²) in [6.07, 6.45) is 5.52. The number of rotatable bonds is 1. The summed E-state index contributed by atoms with van der Waals surface area (Å²) in [6, 6.07) is 0. The number of carbonyl (C=O) groups excluding carboxylic acids is 1. The van der Waals surface area contributed by atoms with Gasteiger partial charge in [0.1, 0.15) is 0 Å². The van der Waals surface area contributed by atoms with Crippen molar-refractivity contribution in [1.29, 1.82) is 0 Å². The van der Waals surface area contributed by atoms with Gasteiger partial charge in [0.15, 0.2) is 0 Å². The molecule has 1 aliphatic heterocycles. The summed E-state index contributed by atoms with van der Waals surface area (Å²) in [4.78, 5) is 22.6. The zero-order valence-corrected chi connectivity index (χ0v) is 8.79. The number of piperidine rings is 1. The fraction of sp³-hybridized carbons (Fsp3) is 0.818. The molecule has 4 nitrogen and oxygen atoms in total. The fourth-order valence-electron chi connectivity index (χ4n) is 3.07. The lowest BCUT2D eigenvalue weighted by atomic mass is 9.62. The molecule has 1 unspecified atom stereocenters. The number of carbonyl (C=O) groups is 2. The molecule has 2 rings (SSSR count). The van der Waals surface area contributed by atoms with Gasteiger partial charge in [0.05, 0.1) is 5.92 Å². The molecule has 2 fully saturated rings. The van der Waals surface area contributed by atoms with Crippen LogP contribution in [0.1, 0.15) is 38.5 Å². The third kappa shape index (κ3) is 1.85. The summed E-state index contributed by atoms with van der Waals surface area (Å²) < 4.78 is 0. The van der Waals surface area contributed by atoms with Crippen LogP contribution in [0.15, 0.2) is 0 Å². The molecule has 1 spiro atoms. The smallest absolute Gasteiger partial charge is 0.308 e. The van der Waals surface area contributed by atoms with Gasteiger partial charge in [-0.15, -0.1) is 0 Å². The molecule has 0 aromatic carbocycles. The first-order chi connectivity index (χ1) is 7.14. The molecule has 1 saturated carbocycles. The number of aliphatic carboxylic acids is 1. The second-order valence-corrected chi connectivity index (χ2v) is 4.79. The maximum Gasteiger partial charge on any atom is 0.308 e. The maximum absolute atomic E-state index is 11.4. The largest absolute Gasteiger partial charge is 0.481 e. The number of hydrogen-bond donors (Lipinski definition) is 2. The highest BCUT2D eigenvalue weighted by molar-refractivity contribution is 5.82. The van der Waals surface area contributed by atoms with E-state index in [4.69, 9.17) is 0 Å². The lowest BCUT2D eigenvalue weighted by Crippen LogP contribution is -2.52. The lowest BCUT2D eigenvalue weighted by molar-refractivity contribution is -0.152. The Bertz CT molecular complexity index is 282. The number of carboxylic acids is 1. The predicted octanol–water partition coefficient (Wildman–Crippen LogP) is 1.16. The molecule has 4 heteroatoms. The first-order valence-corrected chi connectivity index (χ1v) is 5.64. The van der Waals surface area contributed by atoms with Crippen LogP contribution in [0.3, 0.4) is 0 Å². The SMILES string of the molecule is O=C1CC2(CCCCC2)C(C(=O)O)CN1. The van der Waals surface area contributed by atoms with Gasteiger partial charge in [0.25, 0.3) is 0 Å². The predicted molar refractivity (Wildman–Crippen MR) is 54.3 cm³/mol. The summed E-state index contributed by atoms with van der Waals surface area (Å²) in [7, 11) is 0. The minimum Gasteiger partial charge on any atom is -0.481 e. The van der Waals surface area contributed by atoms with E-state index in [-0.39, 0.29) is 17.2 Å². The number of carboxylic acid groups (broad SMARTS) is 1. The number of nitrogens with one attached hydrogen (secondary N) is 1. The van der Waals surface area contributed by atoms with E-state index in [0.717, 1.165) is 25.7 Å². The molecule has 0 radical (unpaired) electrons. The Morgan fingerprint density at radius 1 is 1.33 bits per heavy atom. The first kappa shape index (κ1) is 10.5. The van der Waals surface area contributed by atoms with Gasteiger partial charge in [-0.25, -0.2) is 0 Å². The van der Waals surface area contributed by atoms with Gasteiger partial charge in [-0.3, -0.25) is 9.59 Å². The summed E-state index contributed by atoms with van der Waals surface area (Å²) in [5.41, 5.74) is -0.244. The molecule has 1 atom stereocenters. The molecule has 1 aliphatic carbocycles. The van der Waals surface area contributed by atoms with Crippen LogP contribution in [-0.4, -0.2) is 23.5 Å². The van der Waals surface area contributed by atoms with E-state index < -0.39 is 5.97 Å². The molecular formula is C11H17NO3. The summed E-state index contributed by atoms with van der Waals surface area (Å²) in [5.74, 6) is -1.11. The van der Waals surface area contributed by atoms with Crippen LogP contribution in [0.4, 0.5) is 0 Å². The Balaban J connectivity index is 2.21. The molecule has 84 valence electrons. The van der Waals surface area contributed by atoms with Gasteiger partial charge in [0, 0.05) is 13.0 Å². The summed E-state index contributed by atoms with van der Waals surface area (Å²) in [5, 5.41) is 11.9. The average molecular weight is 211 g/mol. The average Bonchev–Trinajstić information content (AvgIpc) is 2.18. The normalized spacial score (nSPS) is 29.9. The second-order valence-electron chi connectivity index (χ2n) is 4.79. The Morgan fingerprint density at radius 3 is 2.60 bits per heavy atom. The van der Waals surface area contributed by atoms with E-state index in [9.17, 15) is 14.7 Å². The molecular weight excluding hydrogens is 194 g/mol. The molecule has 2 N–H and O–H groups in total. The highest BCUT2D eigenvalue weighted by Crippen LogP contribution is 2.46. The standard InChI is InChI=1S/C11H17NO3/c13-9-6-11(4-2-1-3-5-11)8(7-12-9)10(14)15/h8H,1-7H2,(H,12,13)(H,14,15). The van der Waals surface area contributed by atoms with Crippen LogP contribution in [0.2, 0.25) is 0 Å². The minimum absolute atomic E-state index is 0.0226. The van der Waals surface area contributed by atoms with Crippen molar-refractivity contribution in [3.63, 3.8) is 0 Å². The van der Waals surface area contributed by atoms with Gasteiger partial charge in [-0.1, -0.05) is 19.3 Å². The van der Waals surface area contributed by atoms with Crippen molar-refractivity contribution in [2.75, 3.05) is 6.54 Å². The highest BCUT2D eigenvalue weighted by Gasteiger charge is 2.47. The van der Waals surface area contributed by atoms with E-state index in [0.29, 0.717) is 13.0 Å². The molecule has 0 aromatic rings. The Morgan fingerprint density at radius 2 is 2.00 bits per heavy atom. The zero-order chi connectivity index (χ0) is 10.9. The van der Waals surface area contributed by atoms with Crippen molar-refractivity contribution in [2.24, 2.45) is 11.3 Å². The Kier molecular flexibility index (Phi) is 2.67. The van der Waals surface area contributed by atoms with Gasteiger partial charge >= 0.3 is 5.97 Å². The number of amides is 1. The van der Waals surface area contributed by atoms with Crippen molar-refractivity contribution < 1.29 is 14.7 Å². The van der Waals surface area contributed by atoms with Crippen molar-refractivity contribution in [3.05, 3.63) is 0 Å². The first-order valence-electron chi connectivity index (χ1n) is 5.64. The van der Waals surface area contributed by atoms with Crippen molar-refractivity contribution in [1.82, 2.24) is 5.32 Å². The fourth-order valence-corrected chi connectivity index (χ4v) is 3.07. The van der Waals surface area contributed by atoms with E-state index in [1.807, 2.05) is 0 Å². The maximum atomic E-state index is 11.4. The second kappa shape index (κ2) is 3.83. The van der Waals surface area contributed by atoms with E-state index in [2.05, 4.69) is 5.32 Å². The van der Waals surface area contributed by atoms with Crippen LogP contribution >= 0.6 is 0 Å². The highest BCUT2D eigenvalue weighted by atomic mass is 16.4. The summed E-state index contributed by atoms with van der Waals surface area (Å²) >= 11 is 0. The van der Waals surface area contributed by atoms with Crippen LogP contribution < -0.4 is 5.32 Å². The van der Waals surface area contributed by atoms with E-state index in [1.165, 1.54) is 6.42 Å². The molecule has 1 saturated heterocycles. The minimum atomic E-state index is -0.753. The molecule has 1 amide bonds. The molecule has 0 aromatic heterocycles. The van der Waals surface area contributed by atoms with Gasteiger partial charge in [-0.2, -0.15) is 0 Å². The Hall–Kier alpha value is -1.06. The Labute approximate surface area is 89.0 Å². The quantitative estimate of drug-likeness (QED) is 0.684. The monoisotopic (exact) mass is 211 g/mol. The summed E-state index contributed by atoms with van der Waals surface area (Å²) in [6.45, 7) is 0.314. The molecule has 1 heterocycles. The van der Waals surface area contributed by atoms with Crippen LogP contribution in [0.5, 0.6) is 0 Å². The molecule has 2 aliphatic rings. The topological polar surface area (TPSA) is 66.4 Å². The van der Waals surface area contributed by atoms with E-state index >= 15 is 0 Å². The van der Waals surface area contributed by atoms with E-state index in [1.54, 1.807) is 0 Å². The van der Waals surface area contributed by atoms with Gasteiger partial charge in [-0.05, 0) is 18.3 Å². The zero-order valence-electron chi connectivity index (χ0n) is 8.79. The van der Waals surface area contributed by atoms with Gasteiger partial charge in [0.2, 0.25) is 5.91 Å². The number of hydrogen-bond acceptors (Lipinski definition) is 2. The third-order valence-electron chi connectivity index (χ3n) is 3.90. The van der Waals surface area contributed by atoms with Crippen molar-refractivity contribution in [3.8, 4) is 0 Å². The van der Waals surface area contributed by atoms with Crippen LogP contribution in [-0.2, 0) is 9.59 Å². The van der Waals surface area contributed by atoms with Crippen molar-refractivity contribution >= 4 is 11.9 Å². The molecule has 15 heavy (non-hydrogen) atoms.